The van der Waals surface area contributed by atoms with Crippen LogP contribution in [0, 0.1) is 12.7 Å². The van der Waals surface area contributed by atoms with Gasteiger partial charge in [-0.25, -0.2) is 14.2 Å². The second-order valence-corrected chi connectivity index (χ2v) is 7.81. The van der Waals surface area contributed by atoms with Crippen molar-refractivity contribution >= 4 is 11.2 Å². The van der Waals surface area contributed by atoms with Crippen LogP contribution in [0.2, 0.25) is 0 Å². The number of hydrogen-bond donors (Lipinski definition) is 2. The third kappa shape index (κ3) is 4.06. The summed E-state index contributed by atoms with van der Waals surface area (Å²) in [6.07, 6.45) is -0.824. The monoisotopic (exact) mass is 438 g/mol. The van der Waals surface area contributed by atoms with Crippen molar-refractivity contribution < 1.29 is 14.2 Å². The van der Waals surface area contributed by atoms with Gasteiger partial charge in [0.15, 0.2) is 22.7 Å². The summed E-state index contributed by atoms with van der Waals surface area (Å²) in [5, 5.41) is 9.72. The van der Waals surface area contributed by atoms with E-state index in [0.29, 0.717) is 11.4 Å². The fourth-order valence-electron chi connectivity index (χ4n) is 3.54. The predicted molar refractivity (Wildman–Crippen MR) is 118 cm³/mol. The van der Waals surface area contributed by atoms with Crippen LogP contribution < -0.4 is 16.0 Å². The molecule has 0 spiro atoms. The molecule has 8 nitrogen and oxygen atoms in total. The number of aryl methyl sites for hydroxylation is 2. The summed E-state index contributed by atoms with van der Waals surface area (Å²) in [7, 11) is 1.61. The fourth-order valence-corrected chi connectivity index (χ4v) is 3.54. The second-order valence-electron chi connectivity index (χ2n) is 7.81. The smallest absolute Gasteiger partial charge is 0.330 e. The first-order valence-corrected chi connectivity index (χ1v) is 10.1. The number of aromatic nitrogens is 4. The zero-order valence-electron chi connectivity index (χ0n) is 17.9. The zero-order valence-corrected chi connectivity index (χ0v) is 17.9. The molecule has 0 aliphatic heterocycles. The number of nitrogens with zero attached hydrogens (tertiary/aromatic N) is 3. The molecule has 0 saturated heterocycles. The maximum Gasteiger partial charge on any atom is 0.330 e. The molecule has 32 heavy (non-hydrogen) atoms. The first-order valence-electron chi connectivity index (χ1n) is 10.1. The molecule has 0 amide bonds. The Kier molecular flexibility index (Phi) is 5.67. The number of rotatable bonds is 6. The number of benzene rings is 2. The summed E-state index contributed by atoms with van der Waals surface area (Å²) in [5.41, 5.74) is 1.47. The van der Waals surface area contributed by atoms with Crippen LogP contribution in [0.3, 0.4) is 0 Å². The number of H-pyrrole nitrogens is 1. The lowest BCUT2D eigenvalue weighted by molar-refractivity contribution is 0.173. The molecule has 2 heterocycles. The van der Waals surface area contributed by atoms with Crippen molar-refractivity contribution in [3.05, 3.63) is 80.2 Å². The second kappa shape index (κ2) is 8.43. The summed E-state index contributed by atoms with van der Waals surface area (Å²) in [6, 6.07) is 12.2. The van der Waals surface area contributed by atoms with Gasteiger partial charge >= 0.3 is 5.69 Å². The van der Waals surface area contributed by atoms with Gasteiger partial charge in [0.05, 0.1) is 12.6 Å². The molecular weight excluding hydrogens is 415 g/mol. The predicted octanol–water partition coefficient (Wildman–Crippen LogP) is 2.50. The van der Waals surface area contributed by atoms with Gasteiger partial charge in [-0.2, -0.15) is 0 Å². The average Bonchev–Trinajstić information content (AvgIpc) is 3.09. The Labute approximate surface area is 182 Å². The van der Waals surface area contributed by atoms with Crippen LogP contribution in [0.15, 0.2) is 52.1 Å². The minimum Gasteiger partial charge on any atom is -0.486 e. The van der Waals surface area contributed by atoms with Gasteiger partial charge in [-0.1, -0.05) is 29.8 Å². The molecule has 2 N–H and O–H groups in total. The number of nitrogens with one attached hydrogen (secondary N) is 1. The molecule has 1 unspecified atom stereocenters. The highest BCUT2D eigenvalue weighted by atomic mass is 19.1. The molecule has 2 aromatic carbocycles. The molecule has 2 aromatic heterocycles. The summed E-state index contributed by atoms with van der Waals surface area (Å²) >= 11 is 0. The van der Waals surface area contributed by atoms with Crippen LogP contribution in [-0.2, 0) is 20.2 Å². The number of hydrogen-bond acceptors (Lipinski definition) is 5. The first kappa shape index (κ1) is 21.5. The Morgan fingerprint density at radius 1 is 1.19 bits per heavy atom. The fraction of sp³-hybridized carbons (Fsp3) is 0.261. The van der Waals surface area contributed by atoms with E-state index in [1.54, 1.807) is 13.1 Å². The van der Waals surface area contributed by atoms with Crippen molar-refractivity contribution in [2.45, 2.75) is 33.1 Å². The van der Waals surface area contributed by atoms with Crippen molar-refractivity contribution in [1.82, 2.24) is 19.1 Å². The number of aliphatic hydroxyl groups excluding tert-OH is 1. The Bertz CT molecular complexity index is 1400. The Balaban J connectivity index is 1.69. The van der Waals surface area contributed by atoms with Crippen LogP contribution >= 0.6 is 0 Å². The Morgan fingerprint density at radius 3 is 2.56 bits per heavy atom. The van der Waals surface area contributed by atoms with Crippen molar-refractivity contribution in [2.24, 2.45) is 7.05 Å². The summed E-state index contributed by atoms with van der Waals surface area (Å²) in [6.45, 7) is 3.70. The Hall–Kier alpha value is -3.72. The number of aromatic amines is 1. The topological polar surface area (TPSA) is 102 Å². The molecular formula is C23H23FN4O4. The van der Waals surface area contributed by atoms with Crippen LogP contribution in [0.25, 0.3) is 22.6 Å². The van der Waals surface area contributed by atoms with Gasteiger partial charge in [-0.3, -0.25) is 14.3 Å². The number of halogens is 1. The standard InChI is InChI=1S/C23H23FN4O4/c1-13-4-6-15(7-5-13)12-32-18-9-8-16(10-17(18)24)20-25-21-19(27(20)3)22(30)26-23(31)28(21)11-14(2)29/h4-10,14,29H,11-12H2,1-3H3,(H,26,30,31). The van der Waals surface area contributed by atoms with E-state index < -0.39 is 23.2 Å². The molecule has 9 heteroatoms. The highest BCUT2D eigenvalue weighted by Crippen LogP contribution is 2.27. The summed E-state index contributed by atoms with van der Waals surface area (Å²) < 4.78 is 23.1. The molecule has 0 aliphatic rings. The van der Waals surface area contributed by atoms with E-state index >= 15 is 0 Å². The summed E-state index contributed by atoms with van der Waals surface area (Å²) in [5.74, 6) is -0.173. The minimum absolute atomic E-state index is 0.0390. The van der Waals surface area contributed by atoms with Crippen LogP contribution in [-0.4, -0.2) is 30.3 Å². The molecule has 4 rings (SSSR count). The average molecular weight is 438 g/mol. The molecule has 0 fully saturated rings. The van der Waals surface area contributed by atoms with Crippen molar-refractivity contribution in [1.29, 1.82) is 0 Å². The number of fused-ring (bicyclic) bond motifs is 1. The molecule has 166 valence electrons. The molecule has 0 saturated carbocycles. The van der Waals surface area contributed by atoms with E-state index in [1.165, 1.54) is 28.2 Å². The van der Waals surface area contributed by atoms with Gasteiger partial charge in [0.25, 0.3) is 5.56 Å². The van der Waals surface area contributed by atoms with E-state index in [0.717, 1.165) is 11.1 Å². The van der Waals surface area contributed by atoms with Crippen molar-refractivity contribution in [2.75, 3.05) is 0 Å². The summed E-state index contributed by atoms with van der Waals surface area (Å²) in [4.78, 5) is 31.3. The van der Waals surface area contributed by atoms with Gasteiger partial charge in [0, 0.05) is 12.6 Å². The first-order chi connectivity index (χ1) is 15.2. The molecule has 0 aliphatic carbocycles. The SMILES string of the molecule is Cc1ccc(COc2ccc(-c3nc4c(c(=O)[nH]c(=O)n4CC(C)O)n3C)cc2F)cc1. The molecule has 4 aromatic rings. The molecule has 0 radical (unpaired) electrons. The molecule has 0 bridgehead atoms. The van der Waals surface area contributed by atoms with Crippen LogP contribution in [0.5, 0.6) is 5.75 Å². The van der Waals surface area contributed by atoms with Gasteiger partial charge < -0.3 is 14.4 Å². The van der Waals surface area contributed by atoms with E-state index in [4.69, 9.17) is 4.74 Å². The maximum atomic E-state index is 14.8. The largest absolute Gasteiger partial charge is 0.486 e. The van der Waals surface area contributed by atoms with Gasteiger partial charge in [-0.05, 0) is 37.6 Å². The van der Waals surface area contributed by atoms with Crippen molar-refractivity contribution in [3.8, 4) is 17.1 Å². The van der Waals surface area contributed by atoms with E-state index in [9.17, 15) is 19.1 Å². The zero-order chi connectivity index (χ0) is 23.0. The van der Waals surface area contributed by atoms with Crippen molar-refractivity contribution in [3.63, 3.8) is 0 Å². The quantitative estimate of drug-likeness (QED) is 0.482. The minimum atomic E-state index is -0.824. The lowest BCUT2D eigenvalue weighted by Gasteiger charge is -2.09. The number of ether oxygens (including phenoxy) is 1. The Morgan fingerprint density at radius 2 is 1.91 bits per heavy atom. The van der Waals surface area contributed by atoms with Gasteiger partial charge in [-0.15, -0.1) is 0 Å². The van der Waals surface area contributed by atoms with Gasteiger partial charge in [0.2, 0.25) is 0 Å². The number of aliphatic hydroxyl groups is 1. The lowest BCUT2D eigenvalue weighted by atomic mass is 10.1. The third-order valence-electron chi connectivity index (χ3n) is 5.16. The molecule has 1 atom stereocenters. The number of imidazole rings is 1. The normalized spacial score (nSPS) is 12.3. The van der Waals surface area contributed by atoms with E-state index in [2.05, 4.69) is 9.97 Å². The maximum absolute atomic E-state index is 14.8. The lowest BCUT2D eigenvalue weighted by Crippen LogP contribution is -2.33. The van der Waals surface area contributed by atoms with Crippen LogP contribution in [0.4, 0.5) is 4.39 Å². The van der Waals surface area contributed by atoms with Crippen LogP contribution in [0.1, 0.15) is 18.1 Å². The van der Waals surface area contributed by atoms with E-state index in [1.807, 2.05) is 31.2 Å². The highest BCUT2D eigenvalue weighted by molar-refractivity contribution is 5.77. The van der Waals surface area contributed by atoms with Gasteiger partial charge in [0.1, 0.15) is 12.4 Å². The third-order valence-corrected chi connectivity index (χ3v) is 5.16. The highest BCUT2D eigenvalue weighted by Gasteiger charge is 2.19. The van der Waals surface area contributed by atoms with E-state index in [-0.39, 0.29) is 30.1 Å².